The fourth-order valence-corrected chi connectivity index (χ4v) is 5.73. The first-order valence-electron chi connectivity index (χ1n) is 13.4. The monoisotopic (exact) mass is 519 g/mol. The van der Waals surface area contributed by atoms with Gasteiger partial charge in [-0.05, 0) is 54.0 Å². The zero-order chi connectivity index (χ0) is 25.6. The van der Waals surface area contributed by atoms with E-state index >= 15 is 0 Å². The van der Waals surface area contributed by atoms with Crippen LogP contribution in [0.4, 0.5) is 0 Å². The second-order valence-electron chi connectivity index (χ2n) is 10.0. The fourth-order valence-electron chi connectivity index (χ4n) is 5.39. The smallest absolute Gasteiger partial charge is 0.290 e. The lowest BCUT2D eigenvalue weighted by molar-refractivity contribution is 0.315. The van der Waals surface area contributed by atoms with E-state index in [4.69, 9.17) is 11.6 Å². The fraction of sp³-hybridized carbons (Fsp3) is 0.464. The number of tetrazole rings is 1. The molecule has 1 fully saturated rings. The van der Waals surface area contributed by atoms with Crippen LogP contribution < -0.4 is 5.69 Å². The molecule has 0 unspecified atom stereocenters. The minimum atomic E-state index is 0.0119. The molecule has 37 heavy (non-hydrogen) atoms. The number of imidazole rings is 1. The molecule has 4 aromatic rings. The van der Waals surface area contributed by atoms with Crippen molar-refractivity contribution >= 4 is 11.6 Å². The van der Waals surface area contributed by atoms with Crippen LogP contribution in [-0.2, 0) is 19.5 Å². The average Bonchev–Trinajstić information content (AvgIpc) is 3.55. The molecule has 5 rings (SSSR count). The van der Waals surface area contributed by atoms with E-state index in [9.17, 15) is 4.79 Å². The summed E-state index contributed by atoms with van der Waals surface area (Å²) in [7, 11) is 0. The summed E-state index contributed by atoms with van der Waals surface area (Å²) in [4.78, 5) is 18.1. The lowest BCUT2D eigenvalue weighted by atomic mass is 9.89. The third-order valence-corrected chi connectivity index (χ3v) is 7.84. The topological polar surface area (TPSA) is 94.3 Å². The van der Waals surface area contributed by atoms with Crippen LogP contribution >= 0.6 is 11.6 Å². The standard InChI is InChI=1S/C28H34ClN7O/c1-2-3-5-12-24-26(29)36(19-20-9-6-4-7-10-20)28(37)35(24)18-21-13-15-22(16-14-21)23-11-8-17-30-25(23)27-31-33-34-32-27/h8,11,13-17,20H,2-7,9-10,12,18-19H2,1H3,(H,31,32,33,34). The molecule has 0 bridgehead atoms. The summed E-state index contributed by atoms with van der Waals surface area (Å²) >= 11 is 6.89. The molecule has 3 heterocycles. The highest BCUT2D eigenvalue weighted by atomic mass is 35.5. The molecule has 0 saturated heterocycles. The zero-order valence-electron chi connectivity index (χ0n) is 21.4. The minimum Gasteiger partial charge on any atom is -0.290 e. The Morgan fingerprint density at radius 3 is 2.59 bits per heavy atom. The summed E-state index contributed by atoms with van der Waals surface area (Å²) in [5.74, 6) is 0.993. The summed E-state index contributed by atoms with van der Waals surface area (Å²) < 4.78 is 3.73. The minimum absolute atomic E-state index is 0.0119. The van der Waals surface area contributed by atoms with E-state index in [1.165, 1.54) is 32.1 Å². The van der Waals surface area contributed by atoms with E-state index in [2.05, 4.69) is 56.8 Å². The number of aromatic nitrogens is 7. The van der Waals surface area contributed by atoms with Crippen molar-refractivity contribution < 1.29 is 0 Å². The normalized spacial score (nSPS) is 14.3. The second kappa shape index (κ2) is 11.9. The third kappa shape index (κ3) is 5.69. The first-order valence-corrected chi connectivity index (χ1v) is 13.8. The molecule has 1 N–H and O–H groups in total. The molecule has 1 aliphatic carbocycles. The molecule has 3 aromatic heterocycles. The maximum absolute atomic E-state index is 13.6. The molecule has 9 heteroatoms. The number of hydrogen-bond donors (Lipinski definition) is 1. The Balaban J connectivity index is 1.42. The Kier molecular flexibility index (Phi) is 8.14. The van der Waals surface area contributed by atoms with Gasteiger partial charge < -0.3 is 0 Å². The molecular formula is C28H34ClN7O. The highest BCUT2D eigenvalue weighted by molar-refractivity contribution is 6.30. The molecule has 0 radical (unpaired) electrons. The number of benzene rings is 1. The second-order valence-corrected chi connectivity index (χ2v) is 10.4. The molecule has 1 saturated carbocycles. The van der Waals surface area contributed by atoms with E-state index in [0.717, 1.165) is 54.6 Å². The molecule has 8 nitrogen and oxygen atoms in total. The van der Waals surface area contributed by atoms with Gasteiger partial charge in [0.05, 0.1) is 12.2 Å². The number of unbranched alkanes of at least 4 members (excludes halogenated alkanes) is 2. The van der Waals surface area contributed by atoms with E-state index in [1.807, 2.05) is 21.3 Å². The lowest BCUT2D eigenvalue weighted by Crippen LogP contribution is -2.28. The maximum atomic E-state index is 13.6. The molecule has 1 aliphatic rings. The molecule has 194 valence electrons. The van der Waals surface area contributed by atoms with E-state index in [0.29, 0.717) is 29.1 Å². The van der Waals surface area contributed by atoms with Gasteiger partial charge in [0.15, 0.2) is 0 Å². The summed E-state index contributed by atoms with van der Waals surface area (Å²) in [5, 5.41) is 14.9. The summed E-state index contributed by atoms with van der Waals surface area (Å²) in [5.41, 5.74) is 4.63. The Morgan fingerprint density at radius 2 is 1.86 bits per heavy atom. The van der Waals surface area contributed by atoms with Crippen molar-refractivity contribution in [3.05, 3.63) is 69.5 Å². The van der Waals surface area contributed by atoms with Crippen molar-refractivity contribution in [1.29, 1.82) is 0 Å². The maximum Gasteiger partial charge on any atom is 0.329 e. The average molecular weight is 520 g/mol. The van der Waals surface area contributed by atoms with Gasteiger partial charge in [0.25, 0.3) is 0 Å². The quantitative estimate of drug-likeness (QED) is 0.263. The van der Waals surface area contributed by atoms with Crippen molar-refractivity contribution in [1.82, 2.24) is 34.7 Å². The number of nitrogens with one attached hydrogen (secondary N) is 1. The predicted molar refractivity (Wildman–Crippen MR) is 145 cm³/mol. The van der Waals surface area contributed by atoms with E-state index < -0.39 is 0 Å². The zero-order valence-corrected chi connectivity index (χ0v) is 22.1. The van der Waals surface area contributed by atoms with Crippen molar-refractivity contribution in [2.75, 3.05) is 0 Å². The van der Waals surface area contributed by atoms with Crippen LogP contribution in [0.25, 0.3) is 22.6 Å². The largest absolute Gasteiger partial charge is 0.329 e. The number of aromatic amines is 1. The Hall–Kier alpha value is -3.26. The van der Waals surface area contributed by atoms with Crippen molar-refractivity contribution in [3.63, 3.8) is 0 Å². The van der Waals surface area contributed by atoms with Gasteiger partial charge in [0, 0.05) is 18.3 Å². The van der Waals surface area contributed by atoms with Gasteiger partial charge in [0.1, 0.15) is 10.8 Å². The summed E-state index contributed by atoms with van der Waals surface area (Å²) in [6.07, 6.45) is 12.0. The van der Waals surface area contributed by atoms with Gasteiger partial charge in [-0.15, -0.1) is 10.2 Å². The Morgan fingerprint density at radius 1 is 1.05 bits per heavy atom. The number of pyridine rings is 1. The molecule has 0 atom stereocenters. The number of rotatable bonds is 10. The van der Waals surface area contributed by atoms with E-state index in [1.54, 1.807) is 6.20 Å². The highest BCUT2D eigenvalue weighted by Crippen LogP contribution is 2.29. The van der Waals surface area contributed by atoms with Gasteiger partial charge >= 0.3 is 5.69 Å². The number of hydrogen-bond acceptors (Lipinski definition) is 5. The van der Waals surface area contributed by atoms with Gasteiger partial charge in [-0.25, -0.2) is 4.79 Å². The van der Waals surface area contributed by atoms with Crippen molar-refractivity contribution in [2.24, 2.45) is 5.92 Å². The number of nitrogens with zero attached hydrogens (tertiary/aromatic N) is 6. The first-order chi connectivity index (χ1) is 18.2. The summed E-state index contributed by atoms with van der Waals surface area (Å²) in [6, 6.07) is 12.1. The summed E-state index contributed by atoms with van der Waals surface area (Å²) in [6.45, 7) is 3.42. The highest BCUT2D eigenvalue weighted by Gasteiger charge is 2.22. The van der Waals surface area contributed by atoms with Gasteiger partial charge in [-0.3, -0.25) is 14.1 Å². The van der Waals surface area contributed by atoms with Crippen LogP contribution in [0.2, 0.25) is 5.15 Å². The van der Waals surface area contributed by atoms with E-state index in [-0.39, 0.29) is 5.69 Å². The van der Waals surface area contributed by atoms with Crippen LogP contribution in [0.1, 0.15) is 69.5 Å². The van der Waals surface area contributed by atoms with Gasteiger partial charge in [-0.2, -0.15) is 5.21 Å². The lowest BCUT2D eigenvalue weighted by Gasteiger charge is -2.21. The molecule has 0 spiro atoms. The van der Waals surface area contributed by atoms with Crippen LogP contribution in [0.5, 0.6) is 0 Å². The number of halogens is 1. The molecule has 0 amide bonds. The third-order valence-electron chi connectivity index (χ3n) is 7.42. The van der Waals surface area contributed by atoms with Gasteiger partial charge in [0.2, 0.25) is 5.82 Å². The Bertz CT molecular complexity index is 1350. The SMILES string of the molecule is CCCCCc1c(Cl)n(CC2CCCCC2)c(=O)n1Cc1ccc(-c2cccnc2-c2nn[nH]n2)cc1. The van der Waals surface area contributed by atoms with Crippen LogP contribution in [-0.4, -0.2) is 34.7 Å². The predicted octanol–water partition coefficient (Wildman–Crippen LogP) is 5.91. The van der Waals surface area contributed by atoms with Crippen LogP contribution in [0.15, 0.2) is 47.4 Å². The van der Waals surface area contributed by atoms with Crippen molar-refractivity contribution in [3.8, 4) is 22.6 Å². The van der Waals surface area contributed by atoms with Crippen LogP contribution in [0, 0.1) is 5.92 Å². The number of H-pyrrole nitrogens is 1. The van der Waals surface area contributed by atoms with Gasteiger partial charge in [-0.1, -0.05) is 81.0 Å². The molecular weight excluding hydrogens is 486 g/mol. The molecule has 0 aliphatic heterocycles. The Labute approximate surface area is 222 Å². The van der Waals surface area contributed by atoms with Crippen LogP contribution in [0.3, 0.4) is 0 Å². The first kappa shape index (κ1) is 25.4. The van der Waals surface area contributed by atoms with Crippen molar-refractivity contribution in [2.45, 2.75) is 77.8 Å². The molecule has 1 aromatic carbocycles.